The summed E-state index contributed by atoms with van der Waals surface area (Å²) in [4.78, 5) is 4.36. The SMILES string of the molecule is c1cc2c3c(ncc2s1)NCC3. The Morgan fingerprint density at radius 3 is 3.50 bits per heavy atom. The molecule has 2 nitrogen and oxygen atoms in total. The molecule has 0 aliphatic carbocycles. The minimum absolute atomic E-state index is 1.04. The first kappa shape index (κ1) is 6.43. The molecular weight excluding hydrogens is 168 g/mol. The van der Waals surface area contributed by atoms with Crippen molar-refractivity contribution in [2.75, 3.05) is 11.9 Å². The zero-order valence-corrected chi connectivity index (χ0v) is 7.32. The third-order valence-corrected chi connectivity index (χ3v) is 3.14. The molecule has 1 N–H and O–H groups in total. The summed E-state index contributed by atoms with van der Waals surface area (Å²) in [5.74, 6) is 1.08. The minimum atomic E-state index is 1.04. The number of nitrogens with zero attached hydrogens (tertiary/aromatic N) is 1. The number of thiophene rings is 1. The van der Waals surface area contributed by atoms with Gasteiger partial charge in [-0.2, -0.15) is 0 Å². The van der Waals surface area contributed by atoms with Gasteiger partial charge in [0.1, 0.15) is 5.82 Å². The van der Waals surface area contributed by atoms with Gasteiger partial charge in [0.25, 0.3) is 0 Å². The summed E-state index contributed by atoms with van der Waals surface area (Å²) in [5, 5.41) is 6.79. The highest BCUT2D eigenvalue weighted by atomic mass is 32.1. The lowest BCUT2D eigenvalue weighted by atomic mass is 10.1. The number of nitrogens with one attached hydrogen (secondary N) is 1. The lowest BCUT2D eigenvalue weighted by Gasteiger charge is -1.97. The van der Waals surface area contributed by atoms with Crippen molar-refractivity contribution in [3.05, 3.63) is 23.2 Å². The predicted octanol–water partition coefficient (Wildman–Crippen LogP) is 2.26. The molecule has 3 rings (SSSR count). The second kappa shape index (κ2) is 2.20. The van der Waals surface area contributed by atoms with Gasteiger partial charge in [-0.15, -0.1) is 11.3 Å². The summed E-state index contributed by atoms with van der Waals surface area (Å²) >= 11 is 1.76. The topological polar surface area (TPSA) is 24.9 Å². The minimum Gasteiger partial charge on any atom is -0.369 e. The third-order valence-electron chi connectivity index (χ3n) is 2.28. The smallest absolute Gasteiger partial charge is 0.129 e. The zero-order valence-electron chi connectivity index (χ0n) is 6.50. The van der Waals surface area contributed by atoms with Gasteiger partial charge in [-0.1, -0.05) is 0 Å². The highest BCUT2D eigenvalue weighted by Gasteiger charge is 2.14. The molecule has 12 heavy (non-hydrogen) atoms. The maximum atomic E-state index is 4.36. The van der Waals surface area contributed by atoms with Crippen molar-refractivity contribution in [2.24, 2.45) is 0 Å². The van der Waals surface area contributed by atoms with Crippen LogP contribution in [-0.4, -0.2) is 11.5 Å². The van der Waals surface area contributed by atoms with Crippen molar-refractivity contribution in [1.82, 2.24) is 4.98 Å². The van der Waals surface area contributed by atoms with Gasteiger partial charge in [-0.25, -0.2) is 4.98 Å². The van der Waals surface area contributed by atoms with Crippen molar-refractivity contribution in [2.45, 2.75) is 6.42 Å². The lowest BCUT2D eigenvalue weighted by molar-refractivity contribution is 1.11. The molecular formula is C9H8N2S. The van der Waals surface area contributed by atoms with E-state index in [1.54, 1.807) is 11.3 Å². The Labute approximate surface area is 74.2 Å². The predicted molar refractivity (Wildman–Crippen MR) is 51.8 cm³/mol. The molecule has 0 saturated heterocycles. The van der Waals surface area contributed by atoms with Crippen LogP contribution in [0.2, 0.25) is 0 Å². The summed E-state index contributed by atoms with van der Waals surface area (Å²) in [7, 11) is 0. The first-order valence-electron chi connectivity index (χ1n) is 4.04. The maximum Gasteiger partial charge on any atom is 0.129 e. The van der Waals surface area contributed by atoms with Crippen molar-refractivity contribution in [3.8, 4) is 0 Å². The Balaban J connectivity index is 2.46. The molecule has 0 unspecified atom stereocenters. The Hall–Kier alpha value is -1.09. The molecule has 3 heterocycles. The number of pyridine rings is 1. The normalized spacial score (nSPS) is 14.7. The van der Waals surface area contributed by atoms with Crippen LogP contribution in [0.15, 0.2) is 17.6 Å². The zero-order chi connectivity index (χ0) is 7.97. The van der Waals surface area contributed by atoms with E-state index in [-0.39, 0.29) is 0 Å². The average molecular weight is 176 g/mol. The molecule has 0 spiro atoms. The van der Waals surface area contributed by atoms with Gasteiger partial charge < -0.3 is 5.32 Å². The third kappa shape index (κ3) is 0.716. The molecule has 0 atom stereocenters. The quantitative estimate of drug-likeness (QED) is 0.666. The van der Waals surface area contributed by atoms with Crippen molar-refractivity contribution < 1.29 is 0 Å². The second-order valence-electron chi connectivity index (χ2n) is 2.96. The van der Waals surface area contributed by atoms with E-state index in [1.165, 1.54) is 15.6 Å². The van der Waals surface area contributed by atoms with E-state index in [0.717, 1.165) is 18.8 Å². The number of aromatic nitrogens is 1. The van der Waals surface area contributed by atoms with E-state index < -0.39 is 0 Å². The highest BCUT2D eigenvalue weighted by molar-refractivity contribution is 7.17. The molecule has 0 fully saturated rings. The fourth-order valence-electron chi connectivity index (χ4n) is 1.71. The largest absolute Gasteiger partial charge is 0.369 e. The molecule has 1 aliphatic rings. The number of hydrogen-bond donors (Lipinski definition) is 1. The monoisotopic (exact) mass is 176 g/mol. The van der Waals surface area contributed by atoms with Gasteiger partial charge >= 0.3 is 0 Å². The Bertz CT molecular complexity index is 433. The lowest BCUT2D eigenvalue weighted by Crippen LogP contribution is -1.92. The van der Waals surface area contributed by atoms with Crippen LogP contribution in [0.25, 0.3) is 10.1 Å². The van der Waals surface area contributed by atoms with Crippen molar-refractivity contribution >= 4 is 27.2 Å². The van der Waals surface area contributed by atoms with Crippen LogP contribution in [0.3, 0.4) is 0 Å². The standard InChI is InChI=1S/C9H8N2S/c1-3-10-9-7(1)6-2-4-12-8(6)5-11-9/h2,4-5H,1,3H2,(H,10,11). The molecule has 0 saturated carbocycles. The molecule has 0 bridgehead atoms. The molecule has 0 aromatic carbocycles. The van der Waals surface area contributed by atoms with Gasteiger partial charge in [0.15, 0.2) is 0 Å². The van der Waals surface area contributed by atoms with Gasteiger partial charge in [0, 0.05) is 23.7 Å². The van der Waals surface area contributed by atoms with Gasteiger partial charge in [-0.3, -0.25) is 0 Å². The summed E-state index contributed by atoms with van der Waals surface area (Å²) in [6.45, 7) is 1.04. The Morgan fingerprint density at radius 1 is 1.50 bits per heavy atom. The van der Waals surface area contributed by atoms with Crippen LogP contribution in [0.4, 0.5) is 5.82 Å². The van der Waals surface area contributed by atoms with Crippen molar-refractivity contribution in [1.29, 1.82) is 0 Å². The second-order valence-corrected chi connectivity index (χ2v) is 3.91. The maximum absolute atomic E-state index is 4.36. The molecule has 2 aromatic rings. The summed E-state index contributed by atoms with van der Waals surface area (Å²) < 4.78 is 1.30. The van der Waals surface area contributed by atoms with E-state index >= 15 is 0 Å². The van der Waals surface area contributed by atoms with Crippen LogP contribution in [-0.2, 0) is 6.42 Å². The first-order chi connectivity index (χ1) is 5.95. The fraction of sp³-hybridized carbons (Fsp3) is 0.222. The summed E-state index contributed by atoms with van der Waals surface area (Å²) in [5.41, 5.74) is 1.40. The number of hydrogen-bond acceptors (Lipinski definition) is 3. The fourth-order valence-corrected chi connectivity index (χ4v) is 2.49. The molecule has 2 aromatic heterocycles. The average Bonchev–Trinajstić information content (AvgIpc) is 2.71. The first-order valence-corrected chi connectivity index (χ1v) is 4.92. The molecule has 0 amide bonds. The van der Waals surface area contributed by atoms with Gasteiger partial charge in [0.05, 0.1) is 4.70 Å². The van der Waals surface area contributed by atoms with E-state index in [4.69, 9.17) is 0 Å². The molecule has 3 heteroatoms. The van der Waals surface area contributed by atoms with Gasteiger partial charge in [0.2, 0.25) is 0 Å². The highest BCUT2D eigenvalue weighted by Crippen LogP contribution is 2.30. The Kier molecular flexibility index (Phi) is 1.18. The molecule has 1 aliphatic heterocycles. The number of fused-ring (bicyclic) bond motifs is 3. The summed E-state index contributed by atoms with van der Waals surface area (Å²) in [6.07, 6.45) is 3.08. The number of rotatable bonds is 0. The van der Waals surface area contributed by atoms with E-state index in [1.807, 2.05) is 6.20 Å². The molecule has 60 valence electrons. The van der Waals surface area contributed by atoms with Crippen LogP contribution in [0.5, 0.6) is 0 Å². The van der Waals surface area contributed by atoms with Crippen LogP contribution < -0.4 is 5.32 Å². The van der Waals surface area contributed by atoms with E-state index in [9.17, 15) is 0 Å². The van der Waals surface area contributed by atoms with Gasteiger partial charge in [-0.05, 0) is 17.9 Å². The summed E-state index contributed by atoms with van der Waals surface area (Å²) in [6, 6.07) is 2.19. The van der Waals surface area contributed by atoms with Crippen LogP contribution >= 0.6 is 11.3 Å². The van der Waals surface area contributed by atoms with Crippen LogP contribution in [0.1, 0.15) is 5.56 Å². The number of anilines is 1. The van der Waals surface area contributed by atoms with E-state index in [2.05, 4.69) is 21.7 Å². The van der Waals surface area contributed by atoms with E-state index in [0.29, 0.717) is 0 Å². The van der Waals surface area contributed by atoms with Crippen molar-refractivity contribution in [3.63, 3.8) is 0 Å². The van der Waals surface area contributed by atoms with Crippen LogP contribution in [0, 0.1) is 0 Å². The molecule has 0 radical (unpaired) electrons. The Morgan fingerprint density at radius 2 is 2.50 bits per heavy atom.